The lowest BCUT2D eigenvalue weighted by Crippen LogP contribution is -2.45. The molecule has 0 saturated heterocycles. The molecule has 116 valence electrons. The first-order valence-electron chi connectivity index (χ1n) is 8.48. The maximum atomic E-state index is 4.68. The highest BCUT2D eigenvalue weighted by Gasteiger charge is 2.50. The van der Waals surface area contributed by atoms with E-state index in [-0.39, 0.29) is 5.54 Å². The van der Waals surface area contributed by atoms with E-state index in [1.807, 2.05) is 0 Å². The van der Waals surface area contributed by atoms with Crippen LogP contribution in [0.3, 0.4) is 0 Å². The van der Waals surface area contributed by atoms with Crippen LogP contribution in [0.4, 0.5) is 0 Å². The van der Waals surface area contributed by atoms with Crippen molar-refractivity contribution in [3.63, 3.8) is 0 Å². The normalized spacial score (nSPS) is 38.2. The number of aromatic nitrogens is 3. The zero-order chi connectivity index (χ0) is 14.8. The second-order valence-electron chi connectivity index (χ2n) is 8.57. The third kappa shape index (κ3) is 2.20. The molecule has 0 unspecified atom stereocenters. The Labute approximate surface area is 136 Å². The smallest absolute Gasteiger partial charge is 0.144 e. The fourth-order valence-corrected chi connectivity index (χ4v) is 6.07. The Kier molecular flexibility index (Phi) is 3.26. The standard InChI is InChI=1S/C17H26BrN3/c1-17(2,3)21-14(9-18)19-20-16(21)15-12-5-10-4-11(7-12)8-13(15)6-10/h10-13,15H,4-9H2,1-3H3. The minimum Gasteiger partial charge on any atom is -0.309 e. The van der Waals surface area contributed by atoms with Gasteiger partial charge < -0.3 is 4.57 Å². The summed E-state index contributed by atoms with van der Waals surface area (Å²) < 4.78 is 2.43. The minimum absolute atomic E-state index is 0.0661. The Balaban J connectivity index is 1.75. The summed E-state index contributed by atoms with van der Waals surface area (Å²) in [7, 11) is 0. The van der Waals surface area contributed by atoms with E-state index in [1.165, 1.54) is 37.9 Å². The van der Waals surface area contributed by atoms with Gasteiger partial charge in [0, 0.05) is 11.5 Å². The molecule has 1 heterocycles. The van der Waals surface area contributed by atoms with E-state index in [0.717, 1.165) is 34.8 Å². The van der Waals surface area contributed by atoms with Crippen LogP contribution in [0.15, 0.2) is 0 Å². The van der Waals surface area contributed by atoms with Crippen LogP contribution in [0, 0.1) is 23.7 Å². The molecular weight excluding hydrogens is 326 g/mol. The SMILES string of the molecule is CC(C)(C)n1c(CBr)nnc1C1C2CC3CC(C2)CC1C3. The van der Waals surface area contributed by atoms with Gasteiger partial charge in [0.2, 0.25) is 0 Å². The number of nitrogens with zero attached hydrogens (tertiary/aromatic N) is 3. The molecule has 3 nitrogen and oxygen atoms in total. The van der Waals surface area contributed by atoms with Gasteiger partial charge in [-0.25, -0.2) is 0 Å². The number of halogens is 1. The Hall–Kier alpha value is -0.380. The van der Waals surface area contributed by atoms with Crippen molar-refractivity contribution in [2.45, 2.75) is 69.7 Å². The summed E-state index contributed by atoms with van der Waals surface area (Å²) in [6, 6.07) is 0. The van der Waals surface area contributed by atoms with Crippen molar-refractivity contribution in [3.05, 3.63) is 11.6 Å². The van der Waals surface area contributed by atoms with Crippen molar-refractivity contribution in [2.24, 2.45) is 23.7 Å². The van der Waals surface area contributed by atoms with E-state index in [1.54, 1.807) is 0 Å². The van der Waals surface area contributed by atoms with Crippen molar-refractivity contribution in [3.8, 4) is 0 Å². The fraction of sp³-hybridized carbons (Fsp3) is 0.882. The van der Waals surface area contributed by atoms with Crippen molar-refractivity contribution in [1.82, 2.24) is 14.8 Å². The van der Waals surface area contributed by atoms with E-state index >= 15 is 0 Å². The maximum Gasteiger partial charge on any atom is 0.144 e. The monoisotopic (exact) mass is 351 g/mol. The summed E-state index contributed by atoms with van der Waals surface area (Å²) in [5.74, 6) is 6.81. The molecule has 4 saturated carbocycles. The molecule has 0 amide bonds. The van der Waals surface area contributed by atoms with E-state index in [4.69, 9.17) is 0 Å². The van der Waals surface area contributed by atoms with Crippen molar-refractivity contribution >= 4 is 15.9 Å². The van der Waals surface area contributed by atoms with Gasteiger partial charge in [0.15, 0.2) is 0 Å². The highest BCUT2D eigenvalue weighted by molar-refractivity contribution is 9.08. The zero-order valence-corrected chi connectivity index (χ0v) is 14.9. The summed E-state index contributed by atoms with van der Waals surface area (Å²) in [5.41, 5.74) is 0.0661. The van der Waals surface area contributed by atoms with Crippen molar-refractivity contribution in [1.29, 1.82) is 0 Å². The summed E-state index contributed by atoms with van der Waals surface area (Å²) in [5, 5.41) is 9.98. The summed E-state index contributed by atoms with van der Waals surface area (Å²) in [4.78, 5) is 0. The molecular formula is C17H26BrN3. The molecule has 1 aromatic rings. The Morgan fingerprint density at radius 1 is 1.00 bits per heavy atom. The molecule has 4 aliphatic rings. The maximum absolute atomic E-state index is 4.68. The summed E-state index contributed by atoms with van der Waals surface area (Å²) >= 11 is 3.59. The van der Waals surface area contributed by atoms with Crippen LogP contribution in [-0.2, 0) is 10.9 Å². The number of rotatable bonds is 2. The van der Waals surface area contributed by atoms with Crippen LogP contribution < -0.4 is 0 Å². The van der Waals surface area contributed by atoms with E-state index in [0.29, 0.717) is 5.92 Å². The molecule has 4 bridgehead atoms. The topological polar surface area (TPSA) is 30.7 Å². The first-order valence-corrected chi connectivity index (χ1v) is 9.60. The third-order valence-corrected chi connectivity index (χ3v) is 6.57. The average Bonchev–Trinajstić information content (AvgIpc) is 2.81. The Bertz CT molecular complexity index is 515. The van der Waals surface area contributed by atoms with Gasteiger partial charge in [-0.1, -0.05) is 15.9 Å². The summed E-state index contributed by atoms with van der Waals surface area (Å²) in [6.07, 6.45) is 7.28. The molecule has 0 radical (unpaired) electrons. The highest BCUT2D eigenvalue weighted by Crippen LogP contribution is 2.59. The van der Waals surface area contributed by atoms with E-state index < -0.39 is 0 Å². The second-order valence-corrected chi connectivity index (χ2v) is 9.13. The molecule has 4 fully saturated rings. The zero-order valence-electron chi connectivity index (χ0n) is 13.3. The first-order chi connectivity index (χ1) is 9.97. The summed E-state index contributed by atoms with van der Waals surface area (Å²) in [6.45, 7) is 6.84. The molecule has 0 atom stereocenters. The molecule has 0 aliphatic heterocycles. The lowest BCUT2D eigenvalue weighted by Gasteiger charge is -2.54. The van der Waals surface area contributed by atoms with Crippen LogP contribution in [0.25, 0.3) is 0 Å². The van der Waals surface area contributed by atoms with Crippen molar-refractivity contribution < 1.29 is 0 Å². The number of hydrogen-bond acceptors (Lipinski definition) is 2. The number of hydrogen-bond donors (Lipinski definition) is 0. The molecule has 4 aliphatic carbocycles. The average molecular weight is 352 g/mol. The van der Waals surface area contributed by atoms with E-state index in [2.05, 4.69) is 51.5 Å². The molecule has 4 heteroatoms. The van der Waals surface area contributed by atoms with Crippen LogP contribution in [0.5, 0.6) is 0 Å². The minimum atomic E-state index is 0.0661. The van der Waals surface area contributed by atoms with Crippen LogP contribution in [0.2, 0.25) is 0 Å². The van der Waals surface area contributed by atoms with E-state index in [9.17, 15) is 0 Å². The molecule has 5 rings (SSSR count). The molecule has 0 N–H and O–H groups in total. The Morgan fingerprint density at radius 3 is 2.05 bits per heavy atom. The largest absolute Gasteiger partial charge is 0.309 e. The van der Waals surface area contributed by atoms with Gasteiger partial charge in [0.05, 0.1) is 5.33 Å². The third-order valence-electron chi connectivity index (χ3n) is 6.07. The predicted molar refractivity (Wildman–Crippen MR) is 87.4 cm³/mol. The van der Waals surface area contributed by atoms with Crippen LogP contribution >= 0.6 is 15.9 Å². The van der Waals surface area contributed by atoms with Gasteiger partial charge in [-0.2, -0.15) is 0 Å². The predicted octanol–water partition coefficient (Wildman–Crippen LogP) is 4.47. The molecule has 0 spiro atoms. The van der Waals surface area contributed by atoms with Gasteiger partial charge in [-0.15, -0.1) is 10.2 Å². The Morgan fingerprint density at radius 2 is 1.57 bits per heavy atom. The first kappa shape index (κ1) is 14.2. The molecule has 21 heavy (non-hydrogen) atoms. The molecule has 0 aromatic carbocycles. The van der Waals surface area contributed by atoms with Gasteiger partial charge in [-0.3, -0.25) is 0 Å². The lowest BCUT2D eigenvalue weighted by molar-refractivity contribution is -0.00796. The highest BCUT2D eigenvalue weighted by atomic mass is 79.9. The van der Waals surface area contributed by atoms with Crippen molar-refractivity contribution in [2.75, 3.05) is 0 Å². The fourth-order valence-electron chi connectivity index (χ4n) is 5.71. The lowest BCUT2D eigenvalue weighted by atomic mass is 9.51. The van der Waals surface area contributed by atoms with Gasteiger partial charge >= 0.3 is 0 Å². The van der Waals surface area contributed by atoms with Gasteiger partial charge in [0.25, 0.3) is 0 Å². The van der Waals surface area contributed by atoms with Crippen LogP contribution in [-0.4, -0.2) is 14.8 Å². The van der Waals surface area contributed by atoms with Gasteiger partial charge in [-0.05, 0) is 76.5 Å². The van der Waals surface area contributed by atoms with Gasteiger partial charge in [0.1, 0.15) is 11.6 Å². The number of alkyl halides is 1. The quantitative estimate of drug-likeness (QED) is 0.736. The second kappa shape index (κ2) is 4.81. The molecule has 1 aromatic heterocycles. The van der Waals surface area contributed by atoms with Crippen LogP contribution in [0.1, 0.15) is 70.4 Å².